The fourth-order valence-electron chi connectivity index (χ4n) is 3.16. The number of halogens is 2. The minimum Gasteiger partial charge on any atom is -0.381 e. The van der Waals surface area contributed by atoms with Crippen molar-refractivity contribution in [1.29, 1.82) is 5.26 Å². The zero-order chi connectivity index (χ0) is 14.2. The van der Waals surface area contributed by atoms with Crippen molar-refractivity contribution < 1.29 is 13.5 Å². The molecule has 2 aliphatic rings. The highest BCUT2D eigenvalue weighted by atomic mass is 19.1. The molecule has 3 nitrogen and oxygen atoms in total. The van der Waals surface area contributed by atoms with Crippen molar-refractivity contribution in [3.05, 3.63) is 34.9 Å². The predicted molar refractivity (Wildman–Crippen MR) is 68.9 cm³/mol. The van der Waals surface area contributed by atoms with Gasteiger partial charge in [0.05, 0.1) is 5.56 Å². The van der Waals surface area contributed by atoms with Gasteiger partial charge in [-0.3, -0.25) is 4.90 Å². The van der Waals surface area contributed by atoms with Crippen LogP contribution >= 0.6 is 0 Å². The lowest BCUT2D eigenvalue weighted by molar-refractivity contribution is -0.0948. The molecule has 1 aromatic carbocycles. The second-order valence-corrected chi connectivity index (χ2v) is 5.54. The van der Waals surface area contributed by atoms with Gasteiger partial charge in [-0.05, 0) is 25.3 Å². The number of rotatable bonds is 2. The molecule has 2 heterocycles. The molecule has 0 atom stereocenters. The SMILES string of the molecule is N#Cc1cc(CN2CCC23CCOCC3)c(F)cc1F. The van der Waals surface area contributed by atoms with E-state index in [0.717, 1.165) is 45.1 Å². The highest BCUT2D eigenvalue weighted by Gasteiger charge is 2.45. The van der Waals surface area contributed by atoms with Crippen molar-refractivity contribution >= 4 is 0 Å². The van der Waals surface area contributed by atoms with E-state index in [4.69, 9.17) is 10.00 Å². The molecule has 2 saturated heterocycles. The fraction of sp³-hybridized carbons (Fsp3) is 0.533. The molecule has 2 aliphatic heterocycles. The van der Waals surface area contributed by atoms with Crippen LogP contribution < -0.4 is 0 Å². The average molecular weight is 278 g/mol. The summed E-state index contributed by atoms with van der Waals surface area (Å²) in [6, 6.07) is 3.90. The predicted octanol–water partition coefficient (Wildman–Crippen LogP) is 2.59. The van der Waals surface area contributed by atoms with Gasteiger partial charge < -0.3 is 4.74 Å². The average Bonchev–Trinajstić information content (AvgIpc) is 2.46. The largest absolute Gasteiger partial charge is 0.381 e. The minimum absolute atomic E-state index is 0.0945. The molecule has 0 amide bonds. The van der Waals surface area contributed by atoms with Crippen LogP contribution in [0.25, 0.3) is 0 Å². The van der Waals surface area contributed by atoms with Crippen molar-refractivity contribution in [3.8, 4) is 6.07 Å². The van der Waals surface area contributed by atoms with Crippen LogP contribution in [0.5, 0.6) is 0 Å². The minimum atomic E-state index is -0.793. The Morgan fingerprint density at radius 3 is 2.55 bits per heavy atom. The second-order valence-electron chi connectivity index (χ2n) is 5.54. The highest BCUT2D eigenvalue weighted by molar-refractivity contribution is 5.35. The molecule has 1 aromatic rings. The summed E-state index contributed by atoms with van der Waals surface area (Å²) < 4.78 is 32.5. The molecule has 0 bridgehead atoms. The highest BCUT2D eigenvalue weighted by Crippen LogP contribution is 2.40. The molecule has 5 heteroatoms. The molecule has 20 heavy (non-hydrogen) atoms. The van der Waals surface area contributed by atoms with Gasteiger partial charge in [-0.25, -0.2) is 8.78 Å². The van der Waals surface area contributed by atoms with E-state index in [1.807, 2.05) is 0 Å². The third kappa shape index (κ3) is 2.19. The molecule has 0 N–H and O–H groups in total. The number of likely N-dealkylation sites (tertiary alicyclic amines) is 1. The third-order valence-corrected chi connectivity index (χ3v) is 4.56. The van der Waals surface area contributed by atoms with Crippen LogP contribution in [0.4, 0.5) is 8.78 Å². The van der Waals surface area contributed by atoms with Gasteiger partial charge in [0.1, 0.15) is 17.7 Å². The van der Waals surface area contributed by atoms with Gasteiger partial charge in [0.25, 0.3) is 0 Å². The molecule has 3 rings (SSSR count). The van der Waals surface area contributed by atoms with Crippen molar-refractivity contribution in [1.82, 2.24) is 4.90 Å². The lowest BCUT2D eigenvalue weighted by Gasteiger charge is -2.55. The maximum atomic E-state index is 13.8. The molecule has 0 aliphatic carbocycles. The van der Waals surface area contributed by atoms with E-state index >= 15 is 0 Å². The summed E-state index contributed by atoms with van der Waals surface area (Å²) in [6.07, 6.45) is 3.02. The van der Waals surface area contributed by atoms with E-state index in [1.165, 1.54) is 6.07 Å². The van der Waals surface area contributed by atoms with Crippen molar-refractivity contribution in [3.63, 3.8) is 0 Å². The third-order valence-electron chi connectivity index (χ3n) is 4.56. The van der Waals surface area contributed by atoms with Gasteiger partial charge in [0.2, 0.25) is 0 Å². The van der Waals surface area contributed by atoms with Gasteiger partial charge >= 0.3 is 0 Å². The summed E-state index contributed by atoms with van der Waals surface area (Å²) in [6.45, 7) is 2.83. The van der Waals surface area contributed by atoms with Gasteiger partial charge in [-0.2, -0.15) is 5.26 Å². The first-order valence-corrected chi connectivity index (χ1v) is 6.85. The second kappa shape index (κ2) is 5.12. The number of hydrogen-bond acceptors (Lipinski definition) is 3. The molecular weight excluding hydrogens is 262 g/mol. The normalized spacial score (nSPS) is 21.4. The van der Waals surface area contributed by atoms with E-state index < -0.39 is 11.6 Å². The van der Waals surface area contributed by atoms with Crippen molar-refractivity contribution in [2.75, 3.05) is 19.8 Å². The Hall–Kier alpha value is -1.51. The Morgan fingerprint density at radius 2 is 1.95 bits per heavy atom. The van der Waals surface area contributed by atoms with Crippen LogP contribution in [0.15, 0.2) is 12.1 Å². The first kappa shape index (κ1) is 13.5. The Bertz CT molecular complexity index is 562. The lowest BCUT2D eigenvalue weighted by atomic mass is 9.77. The van der Waals surface area contributed by atoms with Crippen LogP contribution in [0, 0.1) is 23.0 Å². The number of benzene rings is 1. The number of nitrogens with zero attached hydrogens (tertiary/aromatic N) is 2. The van der Waals surface area contributed by atoms with Gasteiger partial charge in [-0.15, -0.1) is 0 Å². The standard InChI is InChI=1S/C15H16F2N2O/c16-13-8-14(17)12(7-11(13)9-18)10-19-4-1-15(19)2-5-20-6-3-15/h7-8H,1-6,10H2. The zero-order valence-electron chi connectivity index (χ0n) is 11.2. The molecular formula is C15H16F2N2O. The summed E-state index contributed by atoms with van der Waals surface area (Å²) in [5.74, 6) is -1.37. The van der Waals surface area contributed by atoms with E-state index in [1.54, 1.807) is 6.07 Å². The first-order valence-electron chi connectivity index (χ1n) is 6.85. The fourth-order valence-corrected chi connectivity index (χ4v) is 3.16. The van der Waals surface area contributed by atoms with Crippen LogP contribution in [0.2, 0.25) is 0 Å². The topological polar surface area (TPSA) is 36.3 Å². The Balaban J connectivity index is 1.80. The monoisotopic (exact) mass is 278 g/mol. The summed E-state index contributed by atoms with van der Waals surface area (Å²) >= 11 is 0. The first-order chi connectivity index (χ1) is 9.64. The van der Waals surface area contributed by atoms with Gasteiger partial charge in [0.15, 0.2) is 0 Å². The number of ether oxygens (including phenoxy) is 1. The summed E-state index contributed by atoms with van der Waals surface area (Å²) in [7, 11) is 0. The molecule has 2 fully saturated rings. The molecule has 1 spiro atoms. The van der Waals surface area contributed by atoms with Gasteiger partial charge in [-0.1, -0.05) is 0 Å². The Kier molecular flexibility index (Phi) is 3.45. The van der Waals surface area contributed by atoms with E-state index in [0.29, 0.717) is 12.1 Å². The molecule has 106 valence electrons. The smallest absolute Gasteiger partial charge is 0.143 e. The Labute approximate surface area is 116 Å². The van der Waals surface area contributed by atoms with Crippen LogP contribution in [0.1, 0.15) is 30.4 Å². The number of hydrogen-bond donors (Lipinski definition) is 0. The van der Waals surface area contributed by atoms with Crippen molar-refractivity contribution in [2.45, 2.75) is 31.3 Å². The van der Waals surface area contributed by atoms with E-state index in [9.17, 15) is 8.78 Å². The van der Waals surface area contributed by atoms with Crippen LogP contribution in [0.3, 0.4) is 0 Å². The molecule has 0 saturated carbocycles. The number of nitriles is 1. The van der Waals surface area contributed by atoms with Crippen LogP contribution in [-0.2, 0) is 11.3 Å². The lowest BCUT2D eigenvalue weighted by Crippen LogP contribution is -2.61. The van der Waals surface area contributed by atoms with Crippen molar-refractivity contribution in [2.24, 2.45) is 0 Å². The van der Waals surface area contributed by atoms with E-state index in [-0.39, 0.29) is 11.1 Å². The molecule has 0 unspecified atom stereocenters. The maximum Gasteiger partial charge on any atom is 0.143 e. The zero-order valence-corrected chi connectivity index (χ0v) is 11.2. The summed E-state index contributed by atoms with van der Waals surface area (Å²) in [5, 5.41) is 8.84. The quantitative estimate of drug-likeness (QED) is 0.834. The summed E-state index contributed by atoms with van der Waals surface area (Å²) in [5.41, 5.74) is 0.419. The Morgan fingerprint density at radius 1 is 1.20 bits per heavy atom. The summed E-state index contributed by atoms with van der Waals surface area (Å²) in [4.78, 5) is 2.23. The molecule has 0 aromatic heterocycles. The van der Waals surface area contributed by atoms with Crippen LogP contribution in [-0.4, -0.2) is 30.2 Å². The van der Waals surface area contributed by atoms with Gasteiger partial charge in [0, 0.05) is 43.5 Å². The maximum absolute atomic E-state index is 13.8. The van der Waals surface area contributed by atoms with E-state index in [2.05, 4.69) is 4.90 Å². The molecule has 0 radical (unpaired) electrons.